The Morgan fingerprint density at radius 2 is 2.00 bits per heavy atom. The Morgan fingerprint density at radius 3 is 2.53 bits per heavy atom. The van der Waals surface area contributed by atoms with Gasteiger partial charge in [-0.1, -0.05) is 37.3 Å². The van der Waals surface area contributed by atoms with Crippen LogP contribution in [0.5, 0.6) is 0 Å². The molecule has 0 saturated heterocycles. The first-order chi connectivity index (χ1) is 8.07. The van der Waals surface area contributed by atoms with Crippen LogP contribution >= 0.6 is 0 Å². The first-order valence-corrected chi connectivity index (χ1v) is 6.98. The first-order valence-electron chi connectivity index (χ1n) is 5.43. The van der Waals surface area contributed by atoms with Crippen molar-refractivity contribution < 1.29 is 13.5 Å². The van der Waals surface area contributed by atoms with Crippen LogP contribution in [0.25, 0.3) is 6.08 Å². The normalized spacial score (nSPS) is 14.0. The molecule has 1 atom stereocenters. The molecule has 0 aliphatic carbocycles. The topological polar surface area (TPSA) is 66.4 Å². The zero-order valence-corrected chi connectivity index (χ0v) is 10.5. The van der Waals surface area contributed by atoms with Gasteiger partial charge in [-0.25, -0.2) is 13.1 Å². The fraction of sp³-hybridized carbons (Fsp3) is 0.333. The van der Waals surface area contributed by atoms with Crippen LogP contribution in [-0.4, -0.2) is 26.2 Å². The number of benzene rings is 1. The van der Waals surface area contributed by atoms with E-state index in [9.17, 15) is 8.42 Å². The molecule has 0 amide bonds. The van der Waals surface area contributed by atoms with E-state index in [0.29, 0.717) is 6.42 Å². The molecule has 0 aliphatic heterocycles. The van der Waals surface area contributed by atoms with Gasteiger partial charge in [0.25, 0.3) is 0 Å². The number of aliphatic hydroxyl groups excluding tert-OH is 1. The maximum absolute atomic E-state index is 11.6. The molecule has 0 bridgehead atoms. The molecule has 1 rings (SSSR count). The minimum absolute atomic E-state index is 0.199. The number of hydrogen-bond donors (Lipinski definition) is 2. The third kappa shape index (κ3) is 5.12. The van der Waals surface area contributed by atoms with Crippen molar-refractivity contribution in [3.8, 4) is 0 Å². The number of sulfonamides is 1. The summed E-state index contributed by atoms with van der Waals surface area (Å²) in [5, 5.41) is 10.0. The summed E-state index contributed by atoms with van der Waals surface area (Å²) in [6.07, 6.45) is 2.07. The molecule has 5 heteroatoms. The summed E-state index contributed by atoms with van der Waals surface area (Å²) >= 11 is 0. The van der Waals surface area contributed by atoms with Gasteiger partial charge in [0.1, 0.15) is 0 Å². The molecule has 0 radical (unpaired) electrons. The van der Waals surface area contributed by atoms with E-state index in [1.807, 2.05) is 37.3 Å². The van der Waals surface area contributed by atoms with E-state index in [1.165, 1.54) is 6.08 Å². The van der Waals surface area contributed by atoms with Gasteiger partial charge in [-0.2, -0.15) is 0 Å². The van der Waals surface area contributed by atoms with Gasteiger partial charge in [0.15, 0.2) is 0 Å². The molecular formula is C12H17NO3S. The Labute approximate surface area is 102 Å². The van der Waals surface area contributed by atoms with Crippen molar-refractivity contribution >= 4 is 16.1 Å². The Balaban J connectivity index is 2.70. The summed E-state index contributed by atoms with van der Waals surface area (Å²) in [6, 6.07) is 8.73. The lowest BCUT2D eigenvalue weighted by Gasteiger charge is -2.11. The van der Waals surface area contributed by atoms with Gasteiger partial charge in [-0.05, 0) is 18.1 Å². The predicted octanol–water partition coefficient (Wildman–Crippen LogP) is 1.35. The van der Waals surface area contributed by atoms with Crippen molar-refractivity contribution in [2.45, 2.75) is 19.4 Å². The lowest BCUT2D eigenvalue weighted by Crippen LogP contribution is -2.35. The van der Waals surface area contributed by atoms with Crippen LogP contribution in [0.3, 0.4) is 0 Å². The minimum Gasteiger partial charge on any atom is -0.395 e. The maximum Gasteiger partial charge on any atom is 0.234 e. The molecule has 2 N–H and O–H groups in total. The van der Waals surface area contributed by atoms with Gasteiger partial charge in [0.05, 0.1) is 6.61 Å². The number of hydrogen-bond acceptors (Lipinski definition) is 3. The van der Waals surface area contributed by atoms with Gasteiger partial charge in [-0.15, -0.1) is 0 Å². The molecule has 4 nitrogen and oxygen atoms in total. The van der Waals surface area contributed by atoms with Crippen LogP contribution in [-0.2, 0) is 10.0 Å². The number of nitrogens with one attached hydrogen (secondary N) is 1. The molecule has 1 aromatic rings. The van der Waals surface area contributed by atoms with E-state index in [4.69, 9.17) is 5.11 Å². The maximum atomic E-state index is 11.6. The molecule has 94 valence electrons. The van der Waals surface area contributed by atoms with Crippen molar-refractivity contribution in [1.29, 1.82) is 0 Å². The second-order valence-electron chi connectivity index (χ2n) is 3.66. The van der Waals surface area contributed by atoms with E-state index in [2.05, 4.69) is 4.72 Å². The van der Waals surface area contributed by atoms with Crippen LogP contribution < -0.4 is 4.72 Å². The molecule has 0 saturated carbocycles. The van der Waals surface area contributed by atoms with E-state index in [1.54, 1.807) is 0 Å². The SMILES string of the molecule is CC[C@@H](CO)NS(=O)(=O)/C=C/c1ccccc1. The lowest BCUT2D eigenvalue weighted by molar-refractivity contribution is 0.254. The Morgan fingerprint density at radius 1 is 1.35 bits per heavy atom. The zero-order valence-electron chi connectivity index (χ0n) is 9.70. The quantitative estimate of drug-likeness (QED) is 0.806. The highest BCUT2D eigenvalue weighted by Gasteiger charge is 2.12. The minimum atomic E-state index is -3.49. The molecule has 0 fully saturated rings. The van der Waals surface area contributed by atoms with Crippen molar-refractivity contribution in [1.82, 2.24) is 4.72 Å². The van der Waals surface area contributed by atoms with Crippen molar-refractivity contribution in [3.05, 3.63) is 41.3 Å². The van der Waals surface area contributed by atoms with E-state index >= 15 is 0 Å². The monoisotopic (exact) mass is 255 g/mol. The summed E-state index contributed by atoms with van der Waals surface area (Å²) in [5.41, 5.74) is 0.815. The Bertz CT molecular complexity index is 450. The Hall–Kier alpha value is -1.17. The number of aliphatic hydroxyl groups is 1. The average molecular weight is 255 g/mol. The summed E-state index contributed by atoms with van der Waals surface area (Å²) in [6.45, 7) is 1.61. The molecule has 0 unspecified atom stereocenters. The largest absolute Gasteiger partial charge is 0.395 e. The average Bonchev–Trinajstić information content (AvgIpc) is 2.35. The van der Waals surface area contributed by atoms with E-state index < -0.39 is 16.1 Å². The molecule has 17 heavy (non-hydrogen) atoms. The van der Waals surface area contributed by atoms with Crippen LogP contribution in [0.1, 0.15) is 18.9 Å². The summed E-state index contributed by atoms with van der Waals surface area (Å²) in [7, 11) is -3.49. The molecule has 0 aromatic heterocycles. The Kier molecular flexibility index (Phi) is 5.34. The van der Waals surface area contributed by atoms with Crippen LogP contribution in [0.4, 0.5) is 0 Å². The molecular weight excluding hydrogens is 238 g/mol. The van der Waals surface area contributed by atoms with Gasteiger partial charge in [-0.3, -0.25) is 0 Å². The summed E-state index contributed by atoms with van der Waals surface area (Å²) < 4.78 is 25.6. The molecule has 1 aromatic carbocycles. The highest BCUT2D eigenvalue weighted by atomic mass is 32.2. The van der Waals surface area contributed by atoms with Crippen LogP contribution in [0.2, 0.25) is 0 Å². The van der Waals surface area contributed by atoms with E-state index in [-0.39, 0.29) is 6.61 Å². The second kappa shape index (κ2) is 6.54. The van der Waals surface area contributed by atoms with Gasteiger partial charge >= 0.3 is 0 Å². The highest BCUT2D eigenvalue weighted by molar-refractivity contribution is 7.92. The third-order valence-corrected chi connectivity index (χ3v) is 3.44. The smallest absolute Gasteiger partial charge is 0.234 e. The fourth-order valence-corrected chi connectivity index (χ4v) is 2.37. The molecule has 0 heterocycles. The summed E-state index contributed by atoms with van der Waals surface area (Å²) in [4.78, 5) is 0. The predicted molar refractivity (Wildman–Crippen MR) is 68.7 cm³/mol. The lowest BCUT2D eigenvalue weighted by atomic mass is 10.2. The van der Waals surface area contributed by atoms with Gasteiger partial charge in [0, 0.05) is 11.4 Å². The highest BCUT2D eigenvalue weighted by Crippen LogP contribution is 2.03. The van der Waals surface area contributed by atoms with Crippen LogP contribution in [0, 0.1) is 0 Å². The second-order valence-corrected chi connectivity index (χ2v) is 5.26. The first kappa shape index (κ1) is 13.9. The molecule has 0 spiro atoms. The van der Waals surface area contributed by atoms with Crippen molar-refractivity contribution in [2.24, 2.45) is 0 Å². The fourth-order valence-electron chi connectivity index (χ4n) is 1.25. The van der Waals surface area contributed by atoms with Gasteiger partial charge < -0.3 is 5.11 Å². The van der Waals surface area contributed by atoms with Crippen LogP contribution in [0.15, 0.2) is 35.7 Å². The van der Waals surface area contributed by atoms with Gasteiger partial charge in [0.2, 0.25) is 10.0 Å². The standard InChI is InChI=1S/C12H17NO3S/c1-2-12(10-14)13-17(15,16)9-8-11-6-4-3-5-7-11/h3-9,12-14H,2,10H2,1H3/b9-8+/t12-/m0/s1. The third-order valence-electron chi connectivity index (χ3n) is 2.28. The number of rotatable bonds is 6. The molecule has 0 aliphatic rings. The van der Waals surface area contributed by atoms with E-state index in [0.717, 1.165) is 11.0 Å². The van der Waals surface area contributed by atoms with Crippen molar-refractivity contribution in [3.63, 3.8) is 0 Å². The zero-order chi connectivity index (χ0) is 12.7. The summed E-state index contributed by atoms with van der Waals surface area (Å²) in [5.74, 6) is 0. The van der Waals surface area contributed by atoms with Crippen molar-refractivity contribution in [2.75, 3.05) is 6.61 Å².